The summed E-state index contributed by atoms with van der Waals surface area (Å²) in [5.74, 6) is 0.110. The van der Waals surface area contributed by atoms with E-state index < -0.39 is 15.9 Å². The molecule has 1 atom stereocenters. The van der Waals surface area contributed by atoms with Gasteiger partial charge in [-0.2, -0.15) is 0 Å². The van der Waals surface area contributed by atoms with Gasteiger partial charge in [-0.15, -0.1) is 15.7 Å². The van der Waals surface area contributed by atoms with Gasteiger partial charge in [0.05, 0.1) is 28.7 Å². The van der Waals surface area contributed by atoms with E-state index in [1.165, 1.54) is 18.4 Å². The van der Waals surface area contributed by atoms with E-state index in [1.807, 2.05) is 13.8 Å². The Morgan fingerprint density at radius 2 is 2.00 bits per heavy atom. The van der Waals surface area contributed by atoms with Crippen LogP contribution in [-0.4, -0.2) is 32.4 Å². The zero-order valence-corrected chi connectivity index (χ0v) is 20.9. The van der Waals surface area contributed by atoms with Gasteiger partial charge in [-0.3, -0.25) is 4.98 Å². The van der Waals surface area contributed by atoms with Gasteiger partial charge >= 0.3 is 6.03 Å². The quantitative estimate of drug-likeness (QED) is 0.600. The first-order chi connectivity index (χ1) is 15.1. The number of carbonyl (C=O) groups excluding carboxylic acids is 1. The highest BCUT2D eigenvalue weighted by Gasteiger charge is 2.36. The van der Waals surface area contributed by atoms with Gasteiger partial charge in [-0.05, 0) is 50.3 Å². The number of fused-ring (bicyclic) bond motifs is 2. The maximum atomic E-state index is 13.7. The molecule has 2 heterocycles. The highest BCUT2D eigenvalue weighted by atomic mass is 32.2. The number of rotatable bonds is 5. The van der Waals surface area contributed by atoms with Crippen LogP contribution in [0.3, 0.4) is 0 Å². The summed E-state index contributed by atoms with van der Waals surface area (Å²) in [4.78, 5) is 22.4. The number of nitrogens with zero attached hydrogens (tertiary/aromatic N) is 3. The van der Waals surface area contributed by atoms with Gasteiger partial charge in [-0.1, -0.05) is 27.7 Å². The van der Waals surface area contributed by atoms with E-state index in [-0.39, 0.29) is 17.9 Å². The number of nitrogens with one attached hydrogen (secondary N) is 2. The van der Waals surface area contributed by atoms with Crippen LogP contribution in [0.4, 0.5) is 10.5 Å². The number of hydrogen-bond acceptors (Lipinski definition) is 6. The van der Waals surface area contributed by atoms with Crippen molar-refractivity contribution in [2.75, 3.05) is 12.4 Å². The number of pyridine rings is 1. The second-order valence-corrected chi connectivity index (χ2v) is 12.7. The molecule has 0 fully saturated rings. The van der Waals surface area contributed by atoms with Crippen molar-refractivity contribution in [2.45, 2.75) is 81.9 Å². The van der Waals surface area contributed by atoms with Gasteiger partial charge in [0, 0.05) is 17.0 Å². The predicted molar refractivity (Wildman–Crippen MR) is 127 cm³/mol. The molecule has 4 rings (SSSR count). The fraction of sp³-hybridized carbons (Fsp3) is 0.591. The molecule has 0 radical (unpaired) electrons. The minimum absolute atomic E-state index is 0.0337. The Morgan fingerprint density at radius 1 is 1.25 bits per heavy atom. The van der Waals surface area contributed by atoms with Gasteiger partial charge in [0.25, 0.3) is 0 Å². The molecule has 2 aromatic heterocycles. The number of anilines is 1. The number of hydrogen-bond donors (Lipinski definition) is 3. The van der Waals surface area contributed by atoms with Crippen molar-refractivity contribution in [3.05, 3.63) is 33.2 Å². The topological polar surface area (TPSA) is 117 Å². The molecule has 0 aromatic carbocycles. The summed E-state index contributed by atoms with van der Waals surface area (Å²) >= 11 is 1.22. The van der Waals surface area contributed by atoms with Crippen LogP contribution >= 0.6 is 11.3 Å². The Hall–Kier alpha value is -1.88. The third-order valence-corrected chi connectivity index (χ3v) is 10.1. The summed E-state index contributed by atoms with van der Waals surface area (Å²) in [6.45, 7) is 7.95. The molecule has 0 bridgehead atoms. The molecule has 1 unspecified atom stereocenters. The molecular formula is C22H31N5O3S2. The van der Waals surface area contributed by atoms with Gasteiger partial charge in [0.2, 0.25) is 0 Å². The zero-order chi connectivity index (χ0) is 23.3. The minimum atomic E-state index is -3.29. The second-order valence-electron chi connectivity index (χ2n) is 9.33. The highest BCUT2D eigenvalue weighted by molar-refractivity contribution is 7.94. The molecule has 174 valence electrons. The predicted octanol–water partition coefficient (Wildman–Crippen LogP) is 4.06. The summed E-state index contributed by atoms with van der Waals surface area (Å²) in [7, 11) is -1.79. The van der Waals surface area contributed by atoms with Crippen molar-refractivity contribution in [1.82, 2.24) is 14.7 Å². The van der Waals surface area contributed by atoms with Crippen LogP contribution in [0.1, 0.15) is 79.7 Å². The number of carbonyl (C=O) groups is 1. The van der Waals surface area contributed by atoms with E-state index in [0.717, 1.165) is 65.3 Å². The second kappa shape index (κ2) is 8.48. The van der Waals surface area contributed by atoms with Crippen LogP contribution in [0.15, 0.2) is 8.57 Å². The minimum Gasteiger partial charge on any atom is -0.390 e. The molecule has 10 heteroatoms. The normalized spacial score (nSPS) is 18.3. The molecule has 32 heavy (non-hydrogen) atoms. The Balaban J connectivity index is 1.75. The maximum absolute atomic E-state index is 13.7. The van der Waals surface area contributed by atoms with Gasteiger partial charge in [-0.25, -0.2) is 18.7 Å². The first-order valence-electron chi connectivity index (χ1n) is 11.0. The monoisotopic (exact) mass is 477 g/mol. The molecule has 2 aliphatic carbocycles. The van der Waals surface area contributed by atoms with Crippen molar-refractivity contribution in [2.24, 2.45) is 4.36 Å². The number of aliphatic hydroxyl groups excluding tert-OH is 1. The number of aromatic nitrogens is 2. The maximum Gasteiger partial charge on any atom is 0.354 e. The zero-order valence-electron chi connectivity index (χ0n) is 19.2. The molecule has 0 saturated carbocycles. The fourth-order valence-corrected chi connectivity index (χ4v) is 7.43. The lowest BCUT2D eigenvalue weighted by Gasteiger charge is -2.20. The van der Waals surface area contributed by atoms with E-state index in [1.54, 1.807) is 0 Å². The van der Waals surface area contributed by atoms with Crippen LogP contribution in [0.2, 0.25) is 0 Å². The molecule has 2 amide bonds. The lowest BCUT2D eigenvalue weighted by Crippen LogP contribution is -2.23. The van der Waals surface area contributed by atoms with Crippen molar-refractivity contribution in [3.8, 4) is 0 Å². The third kappa shape index (κ3) is 3.98. The number of urea groups is 1. The summed E-state index contributed by atoms with van der Waals surface area (Å²) in [5.41, 5.74) is 5.32. The molecule has 0 saturated heterocycles. The lowest BCUT2D eigenvalue weighted by atomic mass is 9.90. The van der Waals surface area contributed by atoms with E-state index >= 15 is 0 Å². The van der Waals surface area contributed by atoms with Crippen molar-refractivity contribution < 1.29 is 14.1 Å². The average molecular weight is 478 g/mol. The average Bonchev–Trinajstić information content (AvgIpc) is 3.45. The highest BCUT2D eigenvalue weighted by Crippen LogP contribution is 2.44. The van der Waals surface area contributed by atoms with E-state index in [0.29, 0.717) is 9.90 Å². The molecule has 3 N–H and O–H groups in total. The van der Waals surface area contributed by atoms with Crippen molar-refractivity contribution in [1.29, 1.82) is 0 Å². The molecule has 2 aromatic rings. The first-order valence-corrected chi connectivity index (χ1v) is 13.3. The number of aliphatic hydroxyl groups is 1. The van der Waals surface area contributed by atoms with E-state index in [2.05, 4.69) is 33.2 Å². The van der Waals surface area contributed by atoms with E-state index in [4.69, 9.17) is 4.98 Å². The Morgan fingerprint density at radius 3 is 2.66 bits per heavy atom. The van der Waals surface area contributed by atoms with Gasteiger partial charge < -0.3 is 10.4 Å². The largest absolute Gasteiger partial charge is 0.390 e. The Bertz CT molecular complexity index is 1190. The smallest absolute Gasteiger partial charge is 0.354 e. The number of amides is 2. The van der Waals surface area contributed by atoms with E-state index in [9.17, 15) is 14.1 Å². The summed E-state index contributed by atoms with van der Waals surface area (Å²) in [6.07, 6.45) is 4.61. The number of thiazole rings is 1. The van der Waals surface area contributed by atoms with Gasteiger partial charge in [0.15, 0.2) is 9.92 Å². The lowest BCUT2D eigenvalue weighted by molar-refractivity contribution is 0.259. The van der Waals surface area contributed by atoms with Crippen LogP contribution in [0.5, 0.6) is 0 Å². The SMILES string of the molecule is CNS(=O)(=NC(=O)Nc1c2c(nc3c1CCC3(C)C)CCC2)c1sc(C(C)C)nc1CO. The van der Waals surface area contributed by atoms with Crippen LogP contribution < -0.4 is 10.0 Å². The molecule has 0 spiro atoms. The summed E-state index contributed by atoms with van der Waals surface area (Å²) in [5, 5.41) is 13.5. The molecule has 8 nitrogen and oxygen atoms in total. The standard InChI is InChI=1S/C22H31N5O3S2/c1-12(2)19-25-16(11-28)20(31-19)32(30,23-5)27-21(29)26-17-13-7-6-8-15(13)24-18-14(17)9-10-22(18,3)4/h12,28H,6-11H2,1-5H3,(H2,23,24,26,27,29,30). The molecular weight excluding hydrogens is 446 g/mol. The molecule has 0 aliphatic heterocycles. The van der Waals surface area contributed by atoms with Crippen LogP contribution in [0.25, 0.3) is 0 Å². The number of aryl methyl sites for hydroxylation is 1. The van der Waals surface area contributed by atoms with Gasteiger partial charge in [0.1, 0.15) is 4.21 Å². The Kier molecular flexibility index (Phi) is 6.17. The van der Waals surface area contributed by atoms with Crippen LogP contribution in [-0.2, 0) is 41.2 Å². The Labute approximate surface area is 193 Å². The summed E-state index contributed by atoms with van der Waals surface area (Å²) in [6, 6.07) is -0.667. The first kappa shape index (κ1) is 23.3. The summed E-state index contributed by atoms with van der Waals surface area (Å²) < 4.78 is 20.7. The van der Waals surface area contributed by atoms with Crippen LogP contribution in [0, 0.1) is 0 Å². The molecule has 2 aliphatic rings. The third-order valence-electron chi connectivity index (χ3n) is 6.26. The van der Waals surface area contributed by atoms with Crippen molar-refractivity contribution >= 4 is 33.0 Å². The fourth-order valence-electron chi connectivity index (χ4n) is 4.48. The van der Waals surface area contributed by atoms with Crippen molar-refractivity contribution in [3.63, 3.8) is 0 Å².